The Morgan fingerprint density at radius 2 is 1.12 bits per heavy atom. The van der Waals surface area contributed by atoms with E-state index in [4.69, 9.17) is 10.2 Å². The van der Waals surface area contributed by atoms with E-state index in [9.17, 15) is 0 Å². The third-order valence-corrected chi connectivity index (χ3v) is 7.59. The molecular formula is C15H20N2. The highest BCUT2D eigenvalue weighted by atomic mass is 15.2. The van der Waals surface area contributed by atoms with Gasteiger partial charge in [0.2, 0.25) is 0 Å². The standard InChI is InChI=1S/C15H20N2/c1-2-6-7(3-1)15-13-11-5-10(8-4-9(8)11)12(13)14(6)16-17-15/h6-15H,1-5H2/t6-,7+,8-,9+,10-,11+,12+,13-,14-,15+. The maximum Gasteiger partial charge on any atom is 0.0774 e. The molecule has 2 heteroatoms. The van der Waals surface area contributed by atoms with Crippen LogP contribution in [0.15, 0.2) is 10.2 Å². The summed E-state index contributed by atoms with van der Waals surface area (Å²) in [6.45, 7) is 0. The van der Waals surface area contributed by atoms with E-state index in [1.54, 1.807) is 12.8 Å². The van der Waals surface area contributed by atoms with Crippen LogP contribution in [0.1, 0.15) is 32.1 Å². The molecule has 0 aromatic rings. The maximum absolute atomic E-state index is 4.78. The van der Waals surface area contributed by atoms with Crippen LogP contribution < -0.4 is 0 Å². The molecule has 4 bridgehead atoms. The van der Waals surface area contributed by atoms with Crippen molar-refractivity contribution in [1.82, 2.24) is 0 Å². The molecular weight excluding hydrogens is 208 g/mol. The minimum absolute atomic E-state index is 0.675. The minimum Gasteiger partial charge on any atom is -0.190 e. The predicted octanol–water partition coefficient (Wildman–Crippen LogP) is 3.14. The Kier molecular flexibility index (Phi) is 1.26. The lowest BCUT2D eigenvalue weighted by atomic mass is 9.58. The summed E-state index contributed by atoms with van der Waals surface area (Å²) in [5.74, 6) is 8.36. The molecule has 0 N–H and O–H groups in total. The van der Waals surface area contributed by atoms with Gasteiger partial charge in [-0.25, -0.2) is 0 Å². The molecule has 10 atom stereocenters. The fraction of sp³-hybridized carbons (Fsp3) is 1.00. The van der Waals surface area contributed by atoms with Gasteiger partial charge in [0.15, 0.2) is 0 Å². The first-order valence-electron chi connectivity index (χ1n) is 7.83. The monoisotopic (exact) mass is 228 g/mol. The highest BCUT2D eigenvalue weighted by Gasteiger charge is 2.72. The van der Waals surface area contributed by atoms with Crippen molar-refractivity contribution in [3.8, 4) is 0 Å². The fourth-order valence-corrected chi connectivity index (χ4v) is 7.22. The largest absolute Gasteiger partial charge is 0.190 e. The average molecular weight is 228 g/mol. The van der Waals surface area contributed by atoms with Crippen molar-refractivity contribution in [2.75, 3.05) is 0 Å². The van der Waals surface area contributed by atoms with Crippen molar-refractivity contribution in [3.63, 3.8) is 0 Å². The molecule has 5 aliphatic carbocycles. The SMILES string of the molecule is C1C[C@@H]2[C@H](C1)[C@@H]1N=N[C@H]2[C@H]2[C@@H]3C[C@@H]([C@H]4C[C@H]43)[C@@H]12. The highest BCUT2D eigenvalue weighted by molar-refractivity contribution is 5.22. The van der Waals surface area contributed by atoms with Gasteiger partial charge in [-0.1, -0.05) is 6.42 Å². The quantitative estimate of drug-likeness (QED) is 0.608. The number of nitrogens with zero attached hydrogens (tertiary/aromatic N) is 2. The molecule has 90 valence electrons. The normalized spacial score (nSPS) is 72.5. The van der Waals surface area contributed by atoms with Crippen LogP contribution in [0.4, 0.5) is 0 Å². The molecule has 0 unspecified atom stereocenters. The Hall–Kier alpha value is -0.400. The molecule has 0 spiro atoms. The molecule has 7 rings (SSSR count). The van der Waals surface area contributed by atoms with Crippen LogP contribution in [0.5, 0.6) is 0 Å². The van der Waals surface area contributed by atoms with E-state index in [2.05, 4.69) is 0 Å². The number of rotatable bonds is 0. The summed E-state index contributed by atoms with van der Waals surface area (Å²) >= 11 is 0. The Morgan fingerprint density at radius 1 is 0.588 bits per heavy atom. The molecule has 2 nitrogen and oxygen atoms in total. The van der Waals surface area contributed by atoms with E-state index in [-0.39, 0.29) is 0 Å². The van der Waals surface area contributed by atoms with E-state index in [0.717, 1.165) is 47.3 Å². The number of hydrogen-bond acceptors (Lipinski definition) is 2. The van der Waals surface area contributed by atoms with Gasteiger partial charge in [-0.3, -0.25) is 0 Å². The van der Waals surface area contributed by atoms with Gasteiger partial charge >= 0.3 is 0 Å². The Balaban J connectivity index is 1.52. The highest BCUT2D eigenvalue weighted by Crippen LogP contribution is 2.74. The Labute approximate surface area is 102 Å². The second-order valence-corrected chi connectivity index (χ2v) is 7.75. The summed E-state index contributed by atoms with van der Waals surface area (Å²) in [6, 6.07) is 1.35. The van der Waals surface area contributed by atoms with Gasteiger partial charge in [0, 0.05) is 0 Å². The number of hydrogen-bond donors (Lipinski definition) is 0. The fourth-order valence-electron chi connectivity index (χ4n) is 7.22. The number of fused-ring (bicyclic) bond motifs is 5. The van der Waals surface area contributed by atoms with E-state index >= 15 is 0 Å². The van der Waals surface area contributed by atoms with Crippen LogP contribution in [0.3, 0.4) is 0 Å². The molecule has 5 saturated carbocycles. The third-order valence-electron chi connectivity index (χ3n) is 7.59. The molecule has 2 aliphatic heterocycles. The van der Waals surface area contributed by atoms with Crippen molar-refractivity contribution in [3.05, 3.63) is 0 Å². The third kappa shape index (κ3) is 0.786. The summed E-state index contributed by atoms with van der Waals surface area (Å²) in [4.78, 5) is 0. The van der Waals surface area contributed by atoms with Gasteiger partial charge in [0.1, 0.15) is 0 Å². The smallest absolute Gasteiger partial charge is 0.0774 e. The second kappa shape index (κ2) is 2.48. The molecule has 0 amide bonds. The summed E-state index contributed by atoms with van der Waals surface area (Å²) in [5, 5.41) is 9.56. The van der Waals surface area contributed by atoms with Crippen LogP contribution >= 0.6 is 0 Å². The minimum atomic E-state index is 0.675. The molecule has 0 aromatic heterocycles. The van der Waals surface area contributed by atoms with E-state index < -0.39 is 0 Å². The lowest BCUT2D eigenvalue weighted by molar-refractivity contribution is 0.00487. The molecule has 0 radical (unpaired) electrons. The maximum atomic E-state index is 4.78. The molecule has 17 heavy (non-hydrogen) atoms. The van der Waals surface area contributed by atoms with Crippen molar-refractivity contribution in [2.45, 2.75) is 44.2 Å². The summed E-state index contributed by atoms with van der Waals surface area (Å²) < 4.78 is 0. The predicted molar refractivity (Wildman–Crippen MR) is 63.4 cm³/mol. The van der Waals surface area contributed by atoms with Gasteiger partial charge in [0.05, 0.1) is 12.1 Å². The molecule has 2 heterocycles. The van der Waals surface area contributed by atoms with Gasteiger partial charge in [-0.05, 0) is 73.0 Å². The molecule has 0 saturated heterocycles. The Morgan fingerprint density at radius 3 is 1.71 bits per heavy atom. The Bertz CT molecular complexity index is 395. The van der Waals surface area contributed by atoms with Crippen LogP contribution in [-0.2, 0) is 0 Å². The first-order valence-corrected chi connectivity index (χ1v) is 7.83. The van der Waals surface area contributed by atoms with Crippen molar-refractivity contribution >= 4 is 0 Å². The van der Waals surface area contributed by atoms with Crippen LogP contribution in [0, 0.1) is 47.3 Å². The zero-order valence-corrected chi connectivity index (χ0v) is 10.2. The summed E-state index contributed by atoms with van der Waals surface area (Å²) in [7, 11) is 0. The van der Waals surface area contributed by atoms with Crippen molar-refractivity contribution in [2.24, 2.45) is 57.6 Å². The zero-order chi connectivity index (χ0) is 10.7. The van der Waals surface area contributed by atoms with Crippen LogP contribution in [-0.4, -0.2) is 12.1 Å². The lowest BCUT2D eigenvalue weighted by Gasteiger charge is -2.51. The van der Waals surface area contributed by atoms with Crippen LogP contribution in [0.2, 0.25) is 0 Å². The van der Waals surface area contributed by atoms with Gasteiger partial charge in [-0.2, -0.15) is 10.2 Å². The molecule has 5 fully saturated rings. The van der Waals surface area contributed by atoms with Gasteiger partial charge in [-0.15, -0.1) is 0 Å². The van der Waals surface area contributed by atoms with Gasteiger partial charge < -0.3 is 0 Å². The van der Waals surface area contributed by atoms with E-state index in [1.165, 1.54) is 19.3 Å². The van der Waals surface area contributed by atoms with E-state index in [0.29, 0.717) is 12.1 Å². The van der Waals surface area contributed by atoms with Crippen molar-refractivity contribution < 1.29 is 0 Å². The lowest BCUT2D eigenvalue weighted by Crippen LogP contribution is -2.54. The summed E-state index contributed by atoms with van der Waals surface area (Å²) in [5.41, 5.74) is 0. The average Bonchev–Trinajstić information content (AvgIpc) is 2.81. The number of azo groups is 1. The van der Waals surface area contributed by atoms with Crippen molar-refractivity contribution in [1.29, 1.82) is 0 Å². The van der Waals surface area contributed by atoms with Gasteiger partial charge in [0.25, 0.3) is 0 Å². The molecule has 0 aromatic carbocycles. The first kappa shape index (κ1) is 8.66. The molecule has 7 aliphatic rings. The van der Waals surface area contributed by atoms with Crippen LogP contribution in [0.25, 0.3) is 0 Å². The topological polar surface area (TPSA) is 24.7 Å². The second-order valence-electron chi connectivity index (χ2n) is 7.75. The zero-order valence-electron chi connectivity index (χ0n) is 10.2. The summed E-state index contributed by atoms with van der Waals surface area (Å²) in [6.07, 6.45) is 7.56. The van der Waals surface area contributed by atoms with E-state index in [1.807, 2.05) is 0 Å². The first-order chi connectivity index (χ1) is 8.43.